The molecule has 1 heterocycles. The van der Waals surface area contributed by atoms with Gasteiger partial charge in [0, 0.05) is 24.1 Å². The van der Waals surface area contributed by atoms with Crippen molar-refractivity contribution in [3.8, 4) is 0 Å². The first kappa shape index (κ1) is 14.0. The van der Waals surface area contributed by atoms with Crippen LogP contribution in [-0.2, 0) is 4.79 Å². The first-order valence-corrected chi connectivity index (χ1v) is 7.06. The second-order valence-corrected chi connectivity index (χ2v) is 5.73. The van der Waals surface area contributed by atoms with E-state index in [0.717, 1.165) is 18.2 Å². The maximum Gasteiger partial charge on any atom is 0.270 e. The second kappa shape index (κ2) is 5.71. The predicted molar refractivity (Wildman–Crippen MR) is 72.9 cm³/mol. The second-order valence-electron chi connectivity index (χ2n) is 4.11. The lowest BCUT2D eigenvalue weighted by atomic mass is 10.0. The zero-order chi connectivity index (χ0) is 14.0. The molecule has 1 aromatic rings. The van der Waals surface area contributed by atoms with Crippen LogP contribution in [0.1, 0.15) is 23.2 Å². The molecule has 0 spiro atoms. The Balaban J connectivity index is 2.28. The molecule has 0 aromatic heterocycles. The van der Waals surface area contributed by atoms with Crippen LogP contribution in [0.4, 0.5) is 5.69 Å². The quantitative estimate of drug-likeness (QED) is 0.371. The Hall–Kier alpha value is -1.40. The summed E-state index contributed by atoms with van der Waals surface area (Å²) in [5, 5.41) is 9.88. The summed E-state index contributed by atoms with van der Waals surface area (Å²) in [6.45, 7) is 0. The number of nitrogens with zero attached hydrogens (tertiary/aromatic N) is 1. The zero-order valence-electron chi connectivity index (χ0n) is 9.80. The molecular weight excluding hydrogens is 290 g/mol. The molecule has 1 fully saturated rings. The highest BCUT2D eigenvalue weighted by atomic mass is 35.5. The van der Waals surface area contributed by atoms with Crippen molar-refractivity contribution < 1.29 is 14.5 Å². The fraction of sp³-hybridized carbons (Fsp3) is 0.333. The van der Waals surface area contributed by atoms with Crippen molar-refractivity contribution in [1.29, 1.82) is 0 Å². The van der Waals surface area contributed by atoms with Gasteiger partial charge < -0.3 is 0 Å². The standard InChI is InChI=1S/C12H10ClNO4S/c13-9-6-7(14(17)18)3-4-8(9)11(16)12-10(15)2-1-5-19-12/h3-4,6,12H,1-2,5H2. The van der Waals surface area contributed by atoms with Crippen LogP contribution in [0.2, 0.25) is 5.02 Å². The summed E-state index contributed by atoms with van der Waals surface area (Å²) >= 11 is 7.19. The third-order valence-electron chi connectivity index (χ3n) is 2.81. The molecule has 1 aromatic carbocycles. The van der Waals surface area contributed by atoms with Crippen molar-refractivity contribution in [1.82, 2.24) is 0 Å². The van der Waals surface area contributed by atoms with Crippen LogP contribution in [0.15, 0.2) is 18.2 Å². The number of halogens is 1. The summed E-state index contributed by atoms with van der Waals surface area (Å²) in [7, 11) is 0. The van der Waals surface area contributed by atoms with Crippen molar-refractivity contribution in [3.63, 3.8) is 0 Å². The number of Topliss-reactive ketones (excluding diaryl/α,β-unsaturated/α-hetero) is 2. The average Bonchev–Trinajstić information content (AvgIpc) is 2.38. The number of rotatable bonds is 3. The molecule has 1 unspecified atom stereocenters. The molecular formula is C12H10ClNO4S. The minimum absolute atomic E-state index is 0.0122. The van der Waals surface area contributed by atoms with Crippen LogP contribution in [0.5, 0.6) is 0 Å². The van der Waals surface area contributed by atoms with Gasteiger partial charge in [0.1, 0.15) is 5.25 Å². The number of carbonyl (C=O) groups excluding carboxylic acids is 2. The number of benzene rings is 1. The van der Waals surface area contributed by atoms with Gasteiger partial charge >= 0.3 is 0 Å². The molecule has 0 aliphatic carbocycles. The lowest BCUT2D eigenvalue weighted by Gasteiger charge is -2.19. The van der Waals surface area contributed by atoms with E-state index < -0.39 is 10.2 Å². The largest absolute Gasteiger partial charge is 0.298 e. The minimum atomic E-state index is -0.729. The normalized spacial score (nSPS) is 19.2. The smallest absolute Gasteiger partial charge is 0.270 e. The van der Waals surface area contributed by atoms with Gasteiger partial charge in [0.25, 0.3) is 5.69 Å². The van der Waals surface area contributed by atoms with Crippen molar-refractivity contribution in [2.75, 3.05) is 5.75 Å². The number of hydrogen-bond donors (Lipinski definition) is 0. The molecule has 0 bridgehead atoms. The van der Waals surface area contributed by atoms with Crippen molar-refractivity contribution in [2.45, 2.75) is 18.1 Å². The molecule has 0 amide bonds. The molecule has 5 nitrogen and oxygen atoms in total. The number of hydrogen-bond acceptors (Lipinski definition) is 5. The van der Waals surface area contributed by atoms with Gasteiger partial charge in [-0.25, -0.2) is 0 Å². The van der Waals surface area contributed by atoms with E-state index in [2.05, 4.69) is 0 Å². The molecule has 19 heavy (non-hydrogen) atoms. The van der Waals surface area contributed by atoms with Gasteiger partial charge in [-0.1, -0.05) is 11.6 Å². The maximum atomic E-state index is 12.2. The van der Waals surface area contributed by atoms with Crippen molar-refractivity contribution in [3.05, 3.63) is 38.9 Å². The Morgan fingerprint density at radius 3 is 2.79 bits per heavy atom. The number of nitro benzene ring substituents is 1. The predicted octanol–water partition coefficient (Wildman–Crippen LogP) is 2.90. The minimum Gasteiger partial charge on any atom is -0.298 e. The molecule has 1 aliphatic heterocycles. The van der Waals surface area contributed by atoms with E-state index in [4.69, 9.17) is 11.6 Å². The number of thioether (sulfide) groups is 1. The van der Waals surface area contributed by atoms with Crippen LogP contribution in [-0.4, -0.2) is 27.5 Å². The van der Waals surface area contributed by atoms with Gasteiger partial charge in [-0.3, -0.25) is 19.7 Å². The summed E-state index contributed by atoms with van der Waals surface area (Å²) in [4.78, 5) is 33.9. The molecule has 1 atom stereocenters. The number of ketones is 2. The third-order valence-corrected chi connectivity index (χ3v) is 4.46. The van der Waals surface area contributed by atoms with Crippen LogP contribution in [0.25, 0.3) is 0 Å². The van der Waals surface area contributed by atoms with Crippen LogP contribution in [0, 0.1) is 10.1 Å². The fourth-order valence-corrected chi connectivity index (χ4v) is 3.25. The van der Waals surface area contributed by atoms with E-state index in [-0.39, 0.29) is 27.8 Å². The summed E-state index contributed by atoms with van der Waals surface area (Å²) in [6.07, 6.45) is 1.18. The highest BCUT2D eigenvalue weighted by molar-refractivity contribution is 8.01. The fourth-order valence-electron chi connectivity index (χ4n) is 1.85. The van der Waals surface area contributed by atoms with Gasteiger partial charge in [-0.2, -0.15) is 0 Å². The molecule has 0 N–H and O–H groups in total. The van der Waals surface area contributed by atoms with Crippen LogP contribution < -0.4 is 0 Å². The van der Waals surface area contributed by atoms with Gasteiger partial charge in [-0.05, 0) is 18.2 Å². The molecule has 1 aliphatic rings. The van der Waals surface area contributed by atoms with E-state index in [0.29, 0.717) is 6.42 Å². The molecule has 100 valence electrons. The molecule has 1 saturated heterocycles. The summed E-state index contributed by atoms with van der Waals surface area (Å²) in [5.41, 5.74) is -0.0100. The Morgan fingerprint density at radius 2 is 2.21 bits per heavy atom. The van der Waals surface area contributed by atoms with Crippen molar-refractivity contribution in [2.24, 2.45) is 0 Å². The highest BCUT2D eigenvalue weighted by Crippen LogP contribution is 2.29. The maximum absolute atomic E-state index is 12.2. The summed E-state index contributed by atoms with van der Waals surface area (Å²) in [6, 6.07) is 3.66. The van der Waals surface area contributed by atoms with Crippen LogP contribution in [0.3, 0.4) is 0 Å². The zero-order valence-corrected chi connectivity index (χ0v) is 11.4. The average molecular weight is 300 g/mol. The lowest BCUT2D eigenvalue weighted by Crippen LogP contribution is -2.30. The highest BCUT2D eigenvalue weighted by Gasteiger charge is 2.31. The molecule has 7 heteroatoms. The van der Waals surface area contributed by atoms with E-state index >= 15 is 0 Å². The third kappa shape index (κ3) is 2.96. The van der Waals surface area contributed by atoms with Gasteiger partial charge in [0.15, 0.2) is 11.6 Å². The number of nitro groups is 1. The Bertz CT molecular complexity index is 561. The van der Waals surface area contributed by atoms with Gasteiger partial charge in [0.05, 0.1) is 9.95 Å². The Labute approximate surface area is 118 Å². The first-order chi connectivity index (χ1) is 9.00. The Kier molecular flexibility index (Phi) is 4.21. The van der Waals surface area contributed by atoms with Crippen LogP contribution >= 0.6 is 23.4 Å². The Morgan fingerprint density at radius 1 is 1.47 bits per heavy atom. The lowest BCUT2D eigenvalue weighted by molar-refractivity contribution is -0.384. The first-order valence-electron chi connectivity index (χ1n) is 5.63. The molecule has 0 radical (unpaired) electrons. The SMILES string of the molecule is O=C1CCCSC1C(=O)c1ccc([N+](=O)[O-])cc1Cl. The van der Waals surface area contributed by atoms with E-state index in [9.17, 15) is 19.7 Å². The number of non-ortho nitro benzene ring substituents is 1. The monoisotopic (exact) mass is 299 g/mol. The van der Waals surface area contributed by atoms with E-state index in [1.807, 2.05) is 0 Å². The van der Waals surface area contributed by atoms with E-state index in [1.165, 1.54) is 23.9 Å². The summed E-state index contributed by atoms with van der Waals surface area (Å²) in [5.74, 6) is 0.289. The molecule has 0 saturated carbocycles. The van der Waals surface area contributed by atoms with Crippen molar-refractivity contribution >= 4 is 40.6 Å². The summed E-state index contributed by atoms with van der Waals surface area (Å²) < 4.78 is 0. The van der Waals surface area contributed by atoms with E-state index in [1.54, 1.807) is 0 Å². The van der Waals surface area contributed by atoms with Gasteiger partial charge in [-0.15, -0.1) is 11.8 Å². The topological polar surface area (TPSA) is 77.3 Å². The van der Waals surface area contributed by atoms with Gasteiger partial charge in [0.2, 0.25) is 0 Å². The number of carbonyl (C=O) groups is 2. The molecule has 2 rings (SSSR count).